The third kappa shape index (κ3) is 3.72. The van der Waals surface area contributed by atoms with Crippen LogP contribution in [0.4, 0.5) is 0 Å². The minimum Gasteiger partial charge on any atom is -0.464 e. The van der Waals surface area contributed by atoms with Crippen LogP contribution in [-0.4, -0.2) is 25.2 Å². The summed E-state index contributed by atoms with van der Waals surface area (Å²) in [5.41, 5.74) is -0.562. The van der Waals surface area contributed by atoms with Crippen molar-refractivity contribution in [2.75, 3.05) is 13.7 Å². The number of nitrogens with one attached hydrogen (secondary N) is 1. The van der Waals surface area contributed by atoms with Crippen LogP contribution in [0.15, 0.2) is 0 Å². The van der Waals surface area contributed by atoms with Crippen molar-refractivity contribution in [3.05, 3.63) is 0 Å². The number of esters is 1. The summed E-state index contributed by atoms with van der Waals surface area (Å²) in [7, 11) is 1.75. The molecule has 1 N–H and O–H groups in total. The zero-order valence-electron chi connectivity index (χ0n) is 8.44. The minimum absolute atomic E-state index is 0.182. The molecule has 0 heterocycles. The largest absolute Gasteiger partial charge is 0.464 e. The molecule has 0 fully saturated rings. The average Bonchev–Trinajstić information content (AvgIpc) is 2.05. The lowest BCUT2D eigenvalue weighted by Gasteiger charge is -2.21. The molecule has 12 heavy (non-hydrogen) atoms. The first-order valence-electron chi connectivity index (χ1n) is 4.40. The van der Waals surface area contributed by atoms with Crippen molar-refractivity contribution < 1.29 is 9.53 Å². The van der Waals surface area contributed by atoms with Crippen molar-refractivity contribution in [2.45, 2.75) is 39.2 Å². The Kier molecular flexibility index (Phi) is 4.90. The summed E-state index contributed by atoms with van der Waals surface area (Å²) in [4.78, 5) is 11.3. The molecule has 0 aliphatic carbocycles. The molecule has 0 bridgehead atoms. The number of carbonyl (C=O) groups excluding carboxylic acids is 1. The predicted octanol–water partition coefficient (Wildman–Crippen LogP) is 1.33. The fourth-order valence-corrected chi connectivity index (χ4v) is 0.592. The summed E-state index contributed by atoms with van der Waals surface area (Å²) >= 11 is 0. The van der Waals surface area contributed by atoms with Crippen molar-refractivity contribution >= 4 is 5.97 Å². The fraction of sp³-hybridized carbons (Fsp3) is 0.889. The van der Waals surface area contributed by atoms with Gasteiger partial charge in [0.15, 0.2) is 0 Å². The molecule has 0 aromatic heterocycles. The third-order valence-electron chi connectivity index (χ3n) is 1.87. The Balaban J connectivity index is 3.72. The van der Waals surface area contributed by atoms with Gasteiger partial charge >= 0.3 is 5.97 Å². The third-order valence-corrected chi connectivity index (χ3v) is 1.87. The van der Waals surface area contributed by atoms with Gasteiger partial charge in [-0.05, 0) is 27.3 Å². The van der Waals surface area contributed by atoms with Crippen LogP contribution < -0.4 is 5.32 Å². The second kappa shape index (κ2) is 5.14. The molecule has 0 aliphatic heterocycles. The summed E-state index contributed by atoms with van der Waals surface area (Å²) in [6.45, 7) is 6.21. The first-order valence-corrected chi connectivity index (χ1v) is 4.40. The zero-order valence-corrected chi connectivity index (χ0v) is 8.44. The first kappa shape index (κ1) is 11.4. The van der Waals surface area contributed by atoms with Gasteiger partial charge < -0.3 is 10.1 Å². The Morgan fingerprint density at radius 1 is 1.50 bits per heavy atom. The summed E-state index contributed by atoms with van der Waals surface area (Å²) in [5.74, 6) is -0.182. The summed E-state index contributed by atoms with van der Waals surface area (Å²) in [6.07, 6.45) is 1.98. The molecule has 0 spiro atoms. The molecule has 0 radical (unpaired) electrons. The van der Waals surface area contributed by atoms with Gasteiger partial charge in [0.05, 0.1) is 6.61 Å². The van der Waals surface area contributed by atoms with E-state index in [4.69, 9.17) is 4.74 Å². The number of hydrogen-bond donors (Lipinski definition) is 1. The number of carbonyl (C=O) groups is 1. The van der Waals surface area contributed by atoms with Gasteiger partial charge in [0, 0.05) is 0 Å². The van der Waals surface area contributed by atoms with Crippen molar-refractivity contribution in [3.8, 4) is 0 Å². The normalized spacial score (nSPS) is 11.3. The molecule has 0 unspecified atom stereocenters. The highest BCUT2D eigenvalue weighted by molar-refractivity contribution is 5.79. The minimum atomic E-state index is -0.562. The van der Waals surface area contributed by atoms with Crippen LogP contribution in [-0.2, 0) is 9.53 Å². The van der Waals surface area contributed by atoms with E-state index in [2.05, 4.69) is 12.2 Å². The highest BCUT2D eigenvalue weighted by atomic mass is 16.5. The highest BCUT2D eigenvalue weighted by Crippen LogP contribution is 2.04. The molecule has 0 rings (SSSR count). The number of unbranched alkanes of at least 4 members (excludes halogenated alkanes) is 1. The standard InChI is InChI=1S/C9H19NO2/c1-5-6-7-12-8(11)9(2,3)10-4/h10H,5-7H2,1-4H3. The molecule has 72 valence electrons. The van der Waals surface area contributed by atoms with Gasteiger partial charge in [-0.15, -0.1) is 0 Å². The van der Waals surface area contributed by atoms with Crippen LogP contribution in [0.1, 0.15) is 33.6 Å². The average molecular weight is 173 g/mol. The molecule has 0 aromatic carbocycles. The smallest absolute Gasteiger partial charge is 0.325 e. The molecular formula is C9H19NO2. The van der Waals surface area contributed by atoms with E-state index in [-0.39, 0.29) is 5.97 Å². The Bertz CT molecular complexity index is 143. The van der Waals surface area contributed by atoms with Crippen LogP contribution in [0.25, 0.3) is 0 Å². The Labute approximate surface area is 74.5 Å². The van der Waals surface area contributed by atoms with Crippen molar-refractivity contribution in [1.82, 2.24) is 5.32 Å². The van der Waals surface area contributed by atoms with Crippen LogP contribution >= 0.6 is 0 Å². The lowest BCUT2D eigenvalue weighted by atomic mass is 10.1. The van der Waals surface area contributed by atoms with Gasteiger partial charge in [-0.2, -0.15) is 0 Å². The van der Waals surface area contributed by atoms with E-state index in [9.17, 15) is 4.79 Å². The second-order valence-corrected chi connectivity index (χ2v) is 3.36. The monoisotopic (exact) mass is 173 g/mol. The van der Waals surface area contributed by atoms with Gasteiger partial charge in [0.25, 0.3) is 0 Å². The molecule has 0 saturated carbocycles. The highest BCUT2D eigenvalue weighted by Gasteiger charge is 2.26. The van der Waals surface area contributed by atoms with Crippen molar-refractivity contribution in [1.29, 1.82) is 0 Å². The Morgan fingerprint density at radius 3 is 2.50 bits per heavy atom. The van der Waals surface area contributed by atoms with Crippen LogP contribution in [0.2, 0.25) is 0 Å². The molecule has 0 atom stereocenters. The maximum Gasteiger partial charge on any atom is 0.325 e. The van der Waals surface area contributed by atoms with Crippen LogP contribution in [0.5, 0.6) is 0 Å². The van der Waals surface area contributed by atoms with Gasteiger partial charge in [-0.3, -0.25) is 4.79 Å². The lowest BCUT2D eigenvalue weighted by molar-refractivity contribution is -0.150. The van der Waals surface area contributed by atoms with E-state index < -0.39 is 5.54 Å². The van der Waals surface area contributed by atoms with Crippen molar-refractivity contribution in [3.63, 3.8) is 0 Å². The second-order valence-electron chi connectivity index (χ2n) is 3.36. The number of hydrogen-bond acceptors (Lipinski definition) is 3. The lowest BCUT2D eigenvalue weighted by Crippen LogP contribution is -2.45. The topological polar surface area (TPSA) is 38.3 Å². The fourth-order valence-electron chi connectivity index (χ4n) is 0.592. The molecular weight excluding hydrogens is 154 g/mol. The molecule has 0 aromatic rings. The number of ether oxygens (including phenoxy) is 1. The number of rotatable bonds is 5. The van der Waals surface area contributed by atoms with E-state index in [0.29, 0.717) is 6.61 Å². The first-order chi connectivity index (χ1) is 5.54. The van der Waals surface area contributed by atoms with E-state index in [0.717, 1.165) is 12.8 Å². The SMILES string of the molecule is CCCCOC(=O)C(C)(C)NC. The summed E-state index contributed by atoms with van der Waals surface area (Å²) in [5, 5.41) is 2.89. The maximum absolute atomic E-state index is 11.3. The van der Waals surface area contributed by atoms with Gasteiger partial charge in [0.2, 0.25) is 0 Å². The van der Waals surface area contributed by atoms with Crippen LogP contribution in [0.3, 0.4) is 0 Å². The van der Waals surface area contributed by atoms with Crippen LogP contribution in [0, 0.1) is 0 Å². The molecule has 0 saturated heterocycles. The Morgan fingerprint density at radius 2 is 2.08 bits per heavy atom. The molecule has 3 heteroatoms. The predicted molar refractivity (Wildman–Crippen MR) is 49.0 cm³/mol. The van der Waals surface area contributed by atoms with E-state index >= 15 is 0 Å². The van der Waals surface area contributed by atoms with Crippen molar-refractivity contribution in [2.24, 2.45) is 0 Å². The molecule has 0 amide bonds. The van der Waals surface area contributed by atoms with E-state index in [1.165, 1.54) is 0 Å². The van der Waals surface area contributed by atoms with Gasteiger partial charge in [-0.25, -0.2) is 0 Å². The summed E-state index contributed by atoms with van der Waals surface area (Å²) in [6, 6.07) is 0. The quantitative estimate of drug-likeness (QED) is 0.503. The number of likely N-dealkylation sites (N-methyl/N-ethyl adjacent to an activating group) is 1. The zero-order chi connectivity index (χ0) is 9.61. The molecule has 3 nitrogen and oxygen atoms in total. The van der Waals surface area contributed by atoms with E-state index in [1.54, 1.807) is 20.9 Å². The van der Waals surface area contributed by atoms with E-state index in [1.807, 2.05) is 0 Å². The molecule has 0 aliphatic rings. The van der Waals surface area contributed by atoms with Gasteiger partial charge in [-0.1, -0.05) is 13.3 Å². The Hall–Kier alpha value is -0.570. The van der Waals surface area contributed by atoms with Gasteiger partial charge in [0.1, 0.15) is 5.54 Å². The maximum atomic E-state index is 11.3. The summed E-state index contributed by atoms with van der Waals surface area (Å²) < 4.78 is 5.04.